The van der Waals surface area contributed by atoms with E-state index in [1.165, 1.54) is 0 Å². The number of aromatic nitrogens is 2. The van der Waals surface area contributed by atoms with E-state index < -0.39 is 24.5 Å². The number of carbonyl (C=O) groups is 2. The number of halogens is 3. The zero-order valence-corrected chi connectivity index (χ0v) is 14.9. The Morgan fingerprint density at radius 3 is 2.46 bits per heavy atom. The molecule has 2 aliphatic heterocycles. The van der Waals surface area contributed by atoms with Crippen LogP contribution in [0, 0.1) is 5.92 Å². The fourth-order valence-corrected chi connectivity index (χ4v) is 4.12. The van der Waals surface area contributed by atoms with E-state index in [0.29, 0.717) is 16.8 Å². The first kappa shape index (κ1) is 20.7. The maximum Gasteiger partial charge on any atom is 0.414 e. The van der Waals surface area contributed by atoms with Gasteiger partial charge in [0.2, 0.25) is 0 Å². The average Bonchev–Trinajstić information content (AvgIpc) is 3.24. The molecule has 2 aliphatic rings. The zero-order valence-electron chi connectivity index (χ0n) is 13.3. The highest BCUT2D eigenvalue weighted by Crippen LogP contribution is 2.35. The molecule has 13 heteroatoms. The number of ether oxygens (including phenoxy) is 1. The predicted octanol–water partition coefficient (Wildman–Crippen LogP) is 1.82. The third-order valence-corrected chi connectivity index (χ3v) is 5.35. The van der Waals surface area contributed by atoms with Gasteiger partial charge in [0.15, 0.2) is 5.03 Å². The SMILES string of the molecule is FC(F)(F)CCSc1nsnc1O[C@H]1CN2CCC1C2.O=C(O)C(=O)O. The monoisotopic (exact) mass is 415 g/mol. The van der Waals surface area contributed by atoms with Gasteiger partial charge in [-0.3, -0.25) is 4.90 Å². The molecule has 0 radical (unpaired) electrons. The first-order valence-corrected chi connectivity index (χ1v) is 9.24. The van der Waals surface area contributed by atoms with Crippen LogP contribution in [0.4, 0.5) is 13.2 Å². The van der Waals surface area contributed by atoms with Gasteiger partial charge in [0.25, 0.3) is 5.88 Å². The lowest BCUT2D eigenvalue weighted by molar-refractivity contribution is -0.159. The van der Waals surface area contributed by atoms with Crippen molar-refractivity contribution in [2.24, 2.45) is 5.92 Å². The van der Waals surface area contributed by atoms with Gasteiger partial charge in [-0.15, -0.1) is 4.37 Å². The highest BCUT2D eigenvalue weighted by molar-refractivity contribution is 7.99. The summed E-state index contributed by atoms with van der Waals surface area (Å²) in [4.78, 5) is 20.5. The van der Waals surface area contributed by atoms with E-state index >= 15 is 0 Å². The number of thioether (sulfide) groups is 1. The summed E-state index contributed by atoms with van der Waals surface area (Å²) >= 11 is 2.05. The van der Waals surface area contributed by atoms with Crippen LogP contribution in [-0.2, 0) is 9.59 Å². The molecule has 3 rings (SSSR count). The van der Waals surface area contributed by atoms with Crippen LogP contribution >= 0.6 is 23.5 Å². The Morgan fingerprint density at radius 1 is 1.27 bits per heavy atom. The summed E-state index contributed by atoms with van der Waals surface area (Å²) in [5.41, 5.74) is 0. The standard InChI is InChI=1S/C11H14F3N3OS2.C2H2O4/c12-11(13,14)2-4-19-10-9(15-20-16-10)18-8-6-17-3-1-7(8)5-17;3-1(4)2(5)6/h7-8H,1-6H2;(H,3,4)(H,5,6)/t7?,8-;/m0./s1. The largest absolute Gasteiger partial charge is 0.473 e. The Hall–Kier alpha value is -1.60. The summed E-state index contributed by atoms with van der Waals surface area (Å²) in [5, 5.41) is 15.3. The normalized spacial score (nSPS) is 24.0. The number of hydrogen-bond donors (Lipinski definition) is 2. The highest BCUT2D eigenvalue weighted by Gasteiger charge is 2.40. The lowest BCUT2D eigenvalue weighted by Crippen LogP contribution is -2.32. The first-order valence-electron chi connectivity index (χ1n) is 7.53. The number of alkyl halides is 3. The molecule has 2 fully saturated rings. The van der Waals surface area contributed by atoms with Gasteiger partial charge in [-0.1, -0.05) is 11.8 Å². The Kier molecular flexibility index (Phi) is 7.06. The van der Waals surface area contributed by atoms with Crippen LogP contribution in [0.15, 0.2) is 5.03 Å². The molecule has 2 unspecified atom stereocenters. The van der Waals surface area contributed by atoms with Gasteiger partial charge in [-0.05, 0) is 13.0 Å². The molecule has 2 N–H and O–H groups in total. The smallest absolute Gasteiger partial charge is 0.414 e. The van der Waals surface area contributed by atoms with E-state index in [4.69, 9.17) is 24.5 Å². The van der Waals surface area contributed by atoms with Crippen LogP contribution in [0.5, 0.6) is 5.88 Å². The minimum atomic E-state index is -4.13. The number of nitrogens with zero attached hydrogens (tertiary/aromatic N) is 3. The van der Waals surface area contributed by atoms with E-state index in [1.807, 2.05) is 0 Å². The van der Waals surface area contributed by atoms with E-state index in [1.54, 1.807) is 0 Å². The van der Waals surface area contributed by atoms with Gasteiger partial charge in [-0.2, -0.15) is 17.5 Å². The van der Waals surface area contributed by atoms with Crippen molar-refractivity contribution in [1.82, 2.24) is 13.6 Å². The van der Waals surface area contributed by atoms with Crippen molar-refractivity contribution in [2.45, 2.75) is 30.1 Å². The summed E-state index contributed by atoms with van der Waals surface area (Å²) in [6, 6.07) is 0. The molecule has 1 aromatic heterocycles. The number of rotatable bonds is 5. The predicted molar refractivity (Wildman–Crippen MR) is 85.5 cm³/mol. The number of hydrogen-bond acceptors (Lipinski definition) is 8. The molecule has 26 heavy (non-hydrogen) atoms. The van der Waals surface area contributed by atoms with Crippen molar-refractivity contribution < 1.29 is 37.7 Å². The Labute approximate surface area is 154 Å². The van der Waals surface area contributed by atoms with E-state index in [0.717, 1.165) is 49.5 Å². The second-order valence-corrected chi connectivity index (χ2v) is 7.28. The minimum Gasteiger partial charge on any atom is -0.473 e. The third kappa shape index (κ3) is 6.29. The Bertz CT molecular complexity index is 631. The zero-order chi connectivity index (χ0) is 19.3. The lowest BCUT2D eigenvalue weighted by atomic mass is 10.0. The number of aliphatic carboxylic acids is 2. The number of piperidine rings is 1. The second-order valence-electron chi connectivity index (χ2n) is 5.66. The van der Waals surface area contributed by atoms with Crippen molar-refractivity contribution in [3.63, 3.8) is 0 Å². The van der Waals surface area contributed by atoms with Crippen LogP contribution in [0.2, 0.25) is 0 Å². The lowest BCUT2D eigenvalue weighted by Gasteiger charge is -2.22. The van der Waals surface area contributed by atoms with Crippen LogP contribution in [0.3, 0.4) is 0 Å². The molecule has 146 valence electrons. The maximum atomic E-state index is 12.1. The number of fused-ring (bicyclic) bond motifs is 2. The topological polar surface area (TPSA) is 113 Å². The molecule has 8 nitrogen and oxygen atoms in total. The third-order valence-electron chi connectivity index (χ3n) is 3.77. The molecule has 0 amide bonds. The van der Waals surface area contributed by atoms with Gasteiger partial charge < -0.3 is 14.9 Å². The average molecular weight is 415 g/mol. The van der Waals surface area contributed by atoms with Crippen LogP contribution in [-0.4, -0.2) is 73.5 Å². The molecule has 0 aromatic carbocycles. The van der Waals surface area contributed by atoms with Crippen molar-refractivity contribution in [3.8, 4) is 5.88 Å². The van der Waals surface area contributed by atoms with Crippen LogP contribution in [0.25, 0.3) is 0 Å². The summed E-state index contributed by atoms with van der Waals surface area (Å²) in [7, 11) is 0. The van der Waals surface area contributed by atoms with E-state index in [2.05, 4.69) is 13.6 Å². The van der Waals surface area contributed by atoms with E-state index in [9.17, 15) is 13.2 Å². The molecule has 0 saturated carbocycles. The van der Waals surface area contributed by atoms with Crippen molar-refractivity contribution in [2.75, 3.05) is 25.4 Å². The van der Waals surface area contributed by atoms with Crippen molar-refractivity contribution in [3.05, 3.63) is 0 Å². The number of carboxylic acid groups (broad SMARTS) is 2. The maximum absolute atomic E-state index is 12.1. The summed E-state index contributed by atoms with van der Waals surface area (Å²) < 4.78 is 50.3. The van der Waals surface area contributed by atoms with Gasteiger partial charge >= 0.3 is 18.1 Å². The van der Waals surface area contributed by atoms with Gasteiger partial charge in [0, 0.05) is 24.8 Å². The Balaban J connectivity index is 0.000000352. The molecule has 2 bridgehead atoms. The Morgan fingerprint density at radius 2 is 1.96 bits per heavy atom. The molecular weight excluding hydrogens is 399 g/mol. The number of carboxylic acids is 2. The molecule has 0 spiro atoms. The fraction of sp³-hybridized carbons (Fsp3) is 0.692. The first-order chi connectivity index (χ1) is 12.2. The van der Waals surface area contributed by atoms with Gasteiger partial charge in [0.05, 0.1) is 18.1 Å². The fourth-order valence-electron chi connectivity index (χ4n) is 2.61. The van der Waals surface area contributed by atoms with Gasteiger partial charge in [-0.25, -0.2) is 9.59 Å². The molecule has 3 heterocycles. The summed E-state index contributed by atoms with van der Waals surface area (Å²) in [6.07, 6.45) is -3.72. The molecular formula is C13H16F3N3O5S2. The molecule has 2 saturated heterocycles. The molecule has 0 aliphatic carbocycles. The van der Waals surface area contributed by atoms with Crippen LogP contribution in [0.1, 0.15) is 12.8 Å². The van der Waals surface area contributed by atoms with Crippen molar-refractivity contribution >= 4 is 35.4 Å². The quantitative estimate of drug-likeness (QED) is 0.549. The van der Waals surface area contributed by atoms with Crippen LogP contribution < -0.4 is 4.74 Å². The van der Waals surface area contributed by atoms with E-state index in [-0.39, 0.29) is 11.9 Å². The minimum absolute atomic E-state index is 0.0501. The summed E-state index contributed by atoms with van der Waals surface area (Å²) in [5.74, 6) is -2.78. The molecule has 1 aromatic rings. The summed E-state index contributed by atoms with van der Waals surface area (Å²) in [6.45, 7) is 3.06. The second kappa shape index (κ2) is 8.86. The molecule has 3 atom stereocenters. The van der Waals surface area contributed by atoms with Gasteiger partial charge in [0.1, 0.15) is 6.10 Å². The van der Waals surface area contributed by atoms with Crippen molar-refractivity contribution in [1.29, 1.82) is 0 Å². The highest BCUT2D eigenvalue weighted by atomic mass is 32.2.